The summed E-state index contributed by atoms with van der Waals surface area (Å²) in [7, 11) is 1.67. The summed E-state index contributed by atoms with van der Waals surface area (Å²) in [6.45, 7) is 7.09. The van der Waals surface area contributed by atoms with Crippen LogP contribution in [0.25, 0.3) is 0 Å². The molecule has 1 aliphatic heterocycles. The number of rotatable bonds is 7. The zero-order valence-corrected chi connectivity index (χ0v) is 17.3. The molecule has 2 fully saturated rings. The highest BCUT2D eigenvalue weighted by atomic mass is 16.5. The fourth-order valence-electron chi connectivity index (χ4n) is 4.66. The van der Waals surface area contributed by atoms with E-state index in [2.05, 4.69) is 9.88 Å². The lowest BCUT2D eigenvalue weighted by molar-refractivity contribution is -0.133. The third-order valence-electron chi connectivity index (χ3n) is 6.41. The van der Waals surface area contributed by atoms with E-state index in [4.69, 9.17) is 4.74 Å². The number of ketones is 1. The number of carbonyl (C=O) groups is 3. The summed E-state index contributed by atoms with van der Waals surface area (Å²) in [6, 6.07) is 1.41. The lowest BCUT2D eigenvalue weighted by atomic mass is 9.73. The van der Waals surface area contributed by atoms with E-state index in [0.29, 0.717) is 18.6 Å². The van der Waals surface area contributed by atoms with Crippen LogP contribution in [-0.4, -0.2) is 53.0 Å². The Morgan fingerprint density at radius 2 is 2.07 bits per heavy atom. The molecule has 0 bridgehead atoms. The number of methoxy groups -OCH3 is 1. The molecule has 1 saturated carbocycles. The Balaban J connectivity index is 1.75. The van der Waals surface area contributed by atoms with Crippen LogP contribution in [0, 0.1) is 19.8 Å². The van der Waals surface area contributed by atoms with Crippen molar-refractivity contribution in [2.75, 3.05) is 20.3 Å². The molecule has 3 amide bonds. The molecular weight excluding hydrogens is 358 g/mol. The Kier molecular flexibility index (Phi) is 5.93. The SMILES string of the molecule is COCCCn1c(C)cc(C(=O)CN2C(=O)NC3(CCCCC3C)C2=O)c1C. The number of imide groups is 1. The minimum absolute atomic E-state index is 0.0867. The third-order valence-corrected chi connectivity index (χ3v) is 6.41. The zero-order valence-electron chi connectivity index (χ0n) is 17.3. The van der Waals surface area contributed by atoms with Gasteiger partial charge in [-0.25, -0.2) is 4.79 Å². The van der Waals surface area contributed by atoms with Crippen LogP contribution in [0.2, 0.25) is 0 Å². The highest BCUT2D eigenvalue weighted by Crippen LogP contribution is 2.38. The third kappa shape index (κ3) is 3.48. The number of hydrogen-bond acceptors (Lipinski definition) is 4. The van der Waals surface area contributed by atoms with Crippen LogP contribution in [0.3, 0.4) is 0 Å². The van der Waals surface area contributed by atoms with Crippen molar-refractivity contribution >= 4 is 17.7 Å². The van der Waals surface area contributed by atoms with E-state index in [9.17, 15) is 14.4 Å². The maximum atomic E-state index is 13.1. The number of aryl methyl sites for hydroxylation is 1. The Morgan fingerprint density at radius 1 is 1.32 bits per heavy atom. The Hall–Kier alpha value is -2.15. The molecular formula is C21H31N3O4. The molecule has 1 aromatic rings. The second-order valence-electron chi connectivity index (χ2n) is 8.15. The fourth-order valence-corrected chi connectivity index (χ4v) is 4.66. The highest BCUT2D eigenvalue weighted by molar-refractivity contribution is 6.11. The van der Waals surface area contributed by atoms with Gasteiger partial charge in [-0.1, -0.05) is 19.8 Å². The van der Waals surface area contributed by atoms with Crippen LogP contribution in [0.4, 0.5) is 4.79 Å². The number of amides is 3. The molecule has 1 saturated heterocycles. The molecule has 154 valence electrons. The summed E-state index contributed by atoms with van der Waals surface area (Å²) in [6.07, 6.45) is 4.41. The minimum atomic E-state index is -0.827. The van der Waals surface area contributed by atoms with Gasteiger partial charge in [0.1, 0.15) is 5.54 Å². The molecule has 0 radical (unpaired) electrons. The summed E-state index contributed by atoms with van der Waals surface area (Å²) in [5.41, 5.74) is 1.61. The number of ether oxygens (including phenoxy) is 1. The molecule has 1 aromatic heterocycles. The molecule has 28 heavy (non-hydrogen) atoms. The largest absolute Gasteiger partial charge is 0.385 e. The van der Waals surface area contributed by atoms with Crippen LogP contribution in [0.15, 0.2) is 6.07 Å². The molecule has 2 atom stereocenters. The summed E-state index contributed by atoms with van der Waals surface area (Å²) >= 11 is 0. The molecule has 3 rings (SSSR count). The second kappa shape index (κ2) is 8.07. The van der Waals surface area contributed by atoms with Crippen molar-refractivity contribution < 1.29 is 19.1 Å². The van der Waals surface area contributed by atoms with Gasteiger partial charge < -0.3 is 14.6 Å². The van der Waals surface area contributed by atoms with E-state index in [1.807, 2.05) is 26.8 Å². The van der Waals surface area contributed by atoms with E-state index < -0.39 is 11.6 Å². The van der Waals surface area contributed by atoms with Crippen molar-refractivity contribution in [1.29, 1.82) is 0 Å². The maximum absolute atomic E-state index is 13.1. The first-order valence-corrected chi connectivity index (χ1v) is 10.1. The van der Waals surface area contributed by atoms with Crippen LogP contribution in [0.5, 0.6) is 0 Å². The van der Waals surface area contributed by atoms with Crippen LogP contribution < -0.4 is 5.32 Å². The minimum Gasteiger partial charge on any atom is -0.385 e. The predicted molar refractivity (Wildman–Crippen MR) is 105 cm³/mol. The zero-order chi connectivity index (χ0) is 20.5. The number of aromatic nitrogens is 1. The van der Waals surface area contributed by atoms with Gasteiger partial charge in [0.05, 0.1) is 6.54 Å². The molecule has 7 nitrogen and oxygen atoms in total. The van der Waals surface area contributed by atoms with Gasteiger partial charge in [0.2, 0.25) is 0 Å². The van der Waals surface area contributed by atoms with Gasteiger partial charge in [0, 0.05) is 37.2 Å². The number of urea groups is 1. The molecule has 1 N–H and O–H groups in total. The Bertz CT molecular complexity index is 785. The number of Topliss-reactive ketones (excluding diaryl/α,β-unsaturated/α-hetero) is 1. The van der Waals surface area contributed by atoms with Gasteiger partial charge >= 0.3 is 6.03 Å². The lowest BCUT2D eigenvalue weighted by Gasteiger charge is -2.36. The smallest absolute Gasteiger partial charge is 0.325 e. The van der Waals surface area contributed by atoms with E-state index in [1.165, 1.54) is 0 Å². The molecule has 1 spiro atoms. The second-order valence-corrected chi connectivity index (χ2v) is 8.15. The molecule has 7 heteroatoms. The average molecular weight is 389 g/mol. The first-order valence-electron chi connectivity index (χ1n) is 10.1. The van der Waals surface area contributed by atoms with Gasteiger partial charge in [0.25, 0.3) is 5.91 Å². The number of carbonyl (C=O) groups excluding carboxylic acids is 3. The Morgan fingerprint density at radius 3 is 2.75 bits per heavy atom. The van der Waals surface area contributed by atoms with Gasteiger partial charge in [-0.2, -0.15) is 0 Å². The highest BCUT2D eigenvalue weighted by Gasteiger charge is 2.55. The summed E-state index contributed by atoms with van der Waals surface area (Å²) < 4.78 is 7.19. The van der Waals surface area contributed by atoms with Crippen molar-refractivity contribution in [3.63, 3.8) is 0 Å². The van der Waals surface area contributed by atoms with Crippen molar-refractivity contribution in [3.8, 4) is 0 Å². The molecule has 1 aliphatic carbocycles. The Labute approximate surface area is 166 Å². The van der Waals surface area contributed by atoms with Crippen molar-refractivity contribution in [2.45, 2.75) is 65.0 Å². The fraction of sp³-hybridized carbons (Fsp3) is 0.667. The molecule has 2 unspecified atom stereocenters. The van der Waals surface area contributed by atoms with Gasteiger partial charge in [-0.3, -0.25) is 14.5 Å². The predicted octanol–water partition coefficient (Wildman–Crippen LogP) is 2.82. The lowest BCUT2D eigenvalue weighted by Crippen LogP contribution is -2.54. The quantitative estimate of drug-likeness (QED) is 0.442. The molecule has 0 aromatic carbocycles. The average Bonchev–Trinajstić information content (AvgIpc) is 3.07. The van der Waals surface area contributed by atoms with E-state index in [0.717, 1.165) is 48.5 Å². The molecule has 2 heterocycles. The van der Waals surface area contributed by atoms with E-state index >= 15 is 0 Å². The number of nitrogens with zero attached hydrogens (tertiary/aromatic N) is 2. The monoisotopic (exact) mass is 389 g/mol. The summed E-state index contributed by atoms with van der Waals surface area (Å²) in [5.74, 6) is -0.356. The first kappa shape index (κ1) is 20.6. The number of nitrogens with one attached hydrogen (secondary N) is 1. The van der Waals surface area contributed by atoms with Crippen molar-refractivity contribution in [2.24, 2.45) is 5.92 Å². The van der Waals surface area contributed by atoms with E-state index in [1.54, 1.807) is 7.11 Å². The van der Waals surface area contributed by atoms with Crippen LogP contribution in [0.1, 0.15) is 60.8 Å². The first-order chi connectivity index (χ1) is 13.3. The van der Waals surface area contributed by atoms with Crippen LogP contribution in [-0.2, 0) is 16.1 Å². The van der Waals surface area contributed by atoms with Crippen molar-refractivity contribution in [1.82, 2.24) is 14.8 Å². The summed E-state index contributed by atoms with van der Waals surface area (Å²) in [5, 5.41) is 2.91. The van der Waals surface area contributed by atoms with Crippen molar-refractivity contribution in [3.05, 3.63) is 23.0 Å². The summed E-state index contributed by atoms with van der Waals surface area (Å²) in [4.78, 5) is 39.7. The van der Waals surface area contributed by atoms with Gasteiger partial charge in [-0.15, -0.1) is 0 Å². The van der Waals surface area contributed by atoms with E-state index in [-0.39, 0.29) is 24.2 Å². The normalized spacial score (nSPS) is 24.9. The maximum Gasteiger partial charge on any atom is 0.325 e. The number of hydrogen-bond donors (Lipinski definition) is 1. The van der Waals surface area contributed by atoms with Gasteiger partial charge in [-0.05, 0) is 45.1 Å². The topological polar surface area (TPSA) is 80.6 Å². The van der Waals surface area contributed by atoms with Crippen LogP contribution >= 0.6 is 0 Å². The standard InChI is InChI=1S/C21H31N3O4/c1-14-8-5-6-9-21(14)19(26)24(20(27)22-21)13-18(25)17-12-15(2)23(16(17)3)10-7-11-28-4/h12,14H,5-11,13H2,1-4H3,(H,22,27). The van der Waals surface area contributed by atoms with Gasteiger partial charge in [0.15, 0.2) is 5.78 Å². The molecule has 2 aliphatic rings.